The summed E-state index contributed by atoms with van der Waals surface area (Å²) in [7, 11) is 0. The van der Waals surface area contributed by atoms with Crippen LogP contribution in [0, 0.1) is 0 Å². The second-order valence-corrected chi connectivity index (χ2v) is 35.6. The third-order valence-corrected chi connectivity index (χ3v) is 29.4. The van der Waals surface area contributed by atoms with E-state index in [1.807, 2.05) is 72.1 Å². The molecule has 0 amide bonds. The van der Waals surface area contributed by atoms with Crippen molar-refractivity contribution in [3.05, 3.63) is 445 Å². The molecule has 0 saturated heterocycles. The topological polar surface area (TPSA) is 90.5 Å². The second-order valence-electron chi connectivity index (χ2n) is 32.4. The van der Waals surface area contributed by atoms with Crippen LogP contribution in [-0.4, -0.2) is 29.9 Å². The Morgan fingerprint density at radius 2 is 0.645 bits per heavy atom. The van der Waals surface area contributed by atoms with E-state index >= 15 is 0 Å². The van der Waals surface area contributed by atoms with Gasteiger partial charge in [-0.3, -0.25) is 0 Å². The molecule has 6 aromatic heterocycles. The molecule has 0 fully saturated rings. The first-order valence-electron chi connectivity index (χ1n) is 41.9. The summed E-state index contributed by atoms with van der Waals surface area (Å²) in [4.78, 5) is 36.8. The molecule has 8 heterocycles. The number of fused-ring (bicyclic) bond motifs is 32. The molecule has 7 nitrogen and oxygen atoms in total. The van der Waals surface area contributed by atoms with Crippen molar-refractivity contribution in [2.45, 2.75) is 30.4 Å². The van der Waals surface area contributed by atoms with Gasteiger partial charge in [-0.1, -0.05) is 363 Å². The van der Waals surface area contributed by atoms with Crippen LogP contribution in [-0.2, 0) is 10.8 Å². The number of furan rings is 1. The van der Waals surface area contributed by atoms with Gasteiger partial charge in [0.25, 0.3) is 0 Å². The molecule has 0 unspecified atom stereocenters. The molecule has 0 N–H and O–H groups in total. The molecule has 0 bridgehead atoms. The average molecular weight is 1630 g/mol. The van der Waals surface area contributed by atoms with E-state index in [9.17, 15) is 0 Å². The van der Waals surface area contributed by atoms with Crippen LogP contribution in [0.2, 0.25) is 0 Å². The van der Waals surface area contributed by atoms with Crippen molar-refractivity contribution in [1.29, 1.82) is 0 Å². The molecular weight excluding hydrogens is 1570 g/mol. The quantitative estimate of drug-likeness (QED) is 0.145. The van der Waals surface area contributed by atoms with Crippen LogP contribution in [0.3, 0.4) is 0 Å². The Morgan fingerprint density at radius 1 is 0.242 bits per heavy atom. The maximum absolute atomic E-state index is 6.50. The molecular formula is C114H66N6OS3. The fraction of sp³-hybridized carbons (Fsp3) is 0.0175. The third kappa shape index (κ3) is 10.5. The van der Waals surface area contributed by atoms with Crippen molar-refractivity contribution >= 4 is 120 Å². The summed E-state index contributed by atoms with van der Waals surface area (Å²) in [6.45, 7) is 0. The fourth-order valence-electron chi connectivity index (χ4n) is 20.7. The number of para-hydroxylation sites is 4. The Morgan fingerprint density at radius 3 is 1.18 bits per heavy atom. The number of rotatable bonds is 7. The average Bonchev–Trinajstić information content (AvgIpc) is 1.49. The Kier molecular flexibility index (Phi) is 15.8. The number of hydrogen-bond acceptors (Lipinski definition) is 10. The highest BCUT2D eigenvalue weighted by Gasteiger charge is 2.53. The van der Waals surface area contributed by atoms with Gasteiger partial charge in [0.15, 0.2) is 11.6 Å². The van der Waals surface area contributed by atoms with Gasteiger partial charge < -0.3 is 4.42 Å². The van der Waals surface area contributed by atoms with Crippen LogP contribution in [0.15, 0.2) is 424 Å². The van der Waals surface area contributed by atoms with Crippen molar-refractivity contribution in [2.75, 3.05) is 0 Å². The minimum Gasteiger partial charge on any atom is -0.455 e. The van der Waals surface area contributed by atoms with Crippen molar-refractivity contribution < 1.29 is 4.42 Å². The lowest BCUT2D eigenvalue weighted by Gasteiger charge is -2.39. The lowest BCUT2D eigenvalue weighted by molar-refractivity contribution is 0.670. The van der Waals surface area contributed by atoms with E-state index in [1.54, 1.807) is 11.3 Å². The number of hydrogen-bond donors (Lipinski definition) is 0. The summed E-state index contributed by atoms with van der Waals surface area (Å²) in [6.07, 6.45) is 0. The summed E-state index contributed by atoms with van der Waals surface area (Å²) in [5.41, 5.74) is 31.1. The molecule has 0 radical (unpaired) electrons. The molecule has 0 atom stereocenters. The predicted octanol–water partition coefficient (Wildman–Crippen LogP) is 29.9. The normalized spacial score (nSPS) is 13.4. The maximum Gasteiger partial charge on any atom is 0.160 e. The van der Waals surface area contributed by atoms with Gasteiger partial charge in [-0.15, -0.1) is 11.3 Å². The zero-order valence-corrected chi connectivity index (χ0v) is 68.9. The number of nitrogens with zero attached hydrogens (tertiary/aromatic N) is 6. The molecule has 2 spiro atoms. The van der Waals surface area contributed by atoms with Crippen LogP contribution in [0.1, 0.15) is 44.5 Å². The monoisotopic (exact) mass is 1630 g/mol. The van der Waals surface area contributed by atoms with Gasteiger partial charge in [-0.25, -0.2) is 29.9 Å². The van der Waals surface area contributed by atoms with E-state index in [-0.39, 0.29) is 0 Å². The lowest BCUT2D eigenvalue weighted by Crippen LogP contribution is -2.31. The second kappa shape index (κ2) is 27.8. The Balaban J connectivity index is 0.000000133. The Hall–Kier alpha value is -15.0. The predicted molar refractivity (Wildman–Crippen MR) is 511 cm³/mol. The molecule has 17 aromatic carbocycles. The van der Waals surface area contributed by atoms with Gasteiger partial charge in [0.1, 0.15) is 11.2 Å². The number of pyridine rings is 2. The van der Waals surface area contributed by atoms with Crippen molar-refractivity contribution in [3.8, 4) is 101 Å². The first-order valence-corrected chi connectivity index (χ1v) is 44.4. The first kappa shape index (κ1) is 70.8. The molecule has 4 aliphatic rings. The summed E-state index contributed by atoms with van der Waals surface area (Å²) in [6, 6.07) is 144. The highest BCUT2D eigenvalue weighted by Crippen LogP contribution is 2.66. The van der Waals surface area contributed by atoms with Crippen LogP contribution >= 0.6 is 34.9 Å². The minimum atomic E-state index is -0.463. The largest absolute Gasteiger partial charge is 0.455 e. The molecule has 2 aliphatic heterocycles. The Labute approximate surface area is 725 Å². The van der Waals surface area contributed by atoms with Gasteiger partial charge in [-0.05, 0) is 127 Å². The number of thiophene rings is 1. The van der Waals surface area contributed by atoms with Crippen LogP contribution in [0.5, 0.6) is 0 Å². The molecule has 23 aromatic rings. The van der Waals surface area contributed by atoms with Crippen molar-refractivity contribution in [1.82, 2.24) is 29.9 Å². The zero-order valence-electron chi connectivity index (χ0n) is 66.4. The minimum absolute atomic E-state index is 0.446. The van der Waals surface area contributed by atoms with Crippen LogP contribution in [0.4, 0.5) is 0 Å². The van der Waals surface area contributed by atoms with Crippen molar-refractivity contribution in [3.63, 3.8) is 0 Å². The molecule has 2 aliphatic carbocycles. The molecule has 27 rings (SSSR count). The molecule has 124 heavy (non-hydrogen) atoms. The summed E-state index contributed by atoms with van der Waals surface area (Å²) in [5, 5.41) is 10.4. The van der Waals surface area contributed by atoms with E-state index < -0.39 is 10.8 Å². The smallest absolute Gasteiger partial charge is 0.160 e. The molecule has 0 saturated carbocycles. The summed E-state index contributed by atoms with van der Waals surface area (Å²) >= 11 is 5.52. The summed E-state index contributed by atoms with van der Waals surface area (Å²) in [5.74, 6) is 1.39. The van der Waals surface area contributed by atoms with Gasteiger partial charge in [-0.2, -0.15) is 0 Å². The highest BCUT2D eigenvalue weighted by atomic mass is 32.2. The van der Waals surface area contributed by atoms with Gasteiger partial charge >= 0.3 is 0 Å². The van der Waals surface area contributed by atoms with Crippen molar-refractivity contribution in [2.24, 2.45) is 0 Å². The van der Waals surface area contributed by atoms with E-state index in [4.69, 9.17) is 34.3 Å². The van der Waals surface area contributed by atoms with Gasteiger partial charge in [0.2, 0.25) is 0 Å². The highest BCUT2D eigenvalue weighted by molar-refractivity contribution is 7.99. The third-order valence-electron chi connectivity index (χ3n) is 25.9. The van der Waals surface area contributed by atoms with E-state index in [0.717, 1.165) is 138 Å². The molecule has 10 heteroatoms. The van der Waals surface area contributed by atoms with E-state index in [2.05, 4.69) is 352 Å². The standard InChI is InChI=1S/C60H35N3OS.C54H31N3S2/c1-2-15-38(16-3-1)59-62-50(35-51(63-59)43-21-14-20-40-39-17-6-11-26-52(39)64-58(40)43)36-29-31-37(32-30-36)57-44-33-34-48-56(55(44)42-19-5-10-25-49(42)61-57)41-18-4-7-22-45(41)60(48)46-23-8-12-27-53(46)65-54-28-13-9-24-47(54)60;1-2-14-34(15-3-1)53-56-50(52-51(57-53)37-18-6-11-23-44(37)59-52)33-28-26-32(27-29-33)49-38-30-31-42-48(47(38)36-17-5-10-22-43(36)55-49)35-16-4-7-19-39(35)54(42)40-20-8-12-24-45(40)58-46-25-13-9-21-41(46)54/h1-35H;1-31H. The van der Waals surface area contributed by atoms with Gasteiger partial charge in [0, 0.05) is 112 Å². The SMILES string of the molecule is c1ccc(-c2nc(-c3ccc(-c4nc5ccccc5c5c6c(ccc45)C4(c5ccccc5Sc5ccccc54)c4ccccc4-6)cc3)c3sc4ccccc4c3n2)cc1.c1ccc(-c2nc(-c3ccc(-c4nc5ccccc5c5c6c(ccc45)C4(c5ccccc5Sc5ccccc54)c4ccccc4-6)cc3)cc(-c3cccc4c3oc3ccccc34)n2)cc1. The summed E-state index contributed by atoms with van der Waals surface area (Å²) < 4.78 is 8.81. The molecule has 576 valence electrons. The first-order chi connectivity index (χ1) is 61.5. The number of benzene rings is 17. The maximum atomic E-state index is 6.50. The van der Waals surface area contributed by atoms with Crippen LogP contribution in [0.25, 0.3) is 187 Å². The zero-order chi connectivity index (χ0) is 81.3. The van der Waals surface area contributed by atoms with E-state index in [1.165, 1.54) is 107 Å². The fourth-order valence-corrected chi connectivity index (χ4v) is 24.2. The Bertz CT molecular complexity index is 8360. The van der Waals surface area contributed by atoms with Gasteiger partial charge in [0.05, 0.1) is 60.5 Å². The number of aromatic nitrogens is 6. The van der Waals surface area contributed by atoms with E-state index in [0.29, 0.717) is 5.82 Å². The van der Waals surface area contributed by atoms with Crippen LogP contribution < -0.4 is 0 Å². The lowest BCUT2D eigenvalue weighted by atomic mass is 9.67.